The van der Waals surface area contributed by atoms with E-state index >= 15 is 0 Å². The Bertz CT molecular complexity index is 532. The van der Waals surface area contributed by atoms with Crippen LogP contribution in [0.25, 0.3) is 11.4 Å². The molecular formula is C13H15N3O3. The Morgan fingerprint density at radius 1 is 1.32 bits per heavy atom. The van der Waals surface area contributed by atoms with Gasteiger partial charge in [-0.25, -0.2) is 0 Å². The van der Waals surface area contributed by atoms with Crippen LogP contribution in [0.3, 0.4) is 0 Å². The number of morpholine rings is 1. The molecule has 0 spiro atoms. The molecule has 1 N–H and O–H groups in total. The van der Waals surface area contributed by atoms with Crippen molar-refractivity contribution in [3.63, 3.8) is 0 Å². The smallest absolute Gasteiger partial charge is 0.246 e. The minimum absolute atomic E-state index is 0.0201. The van der Waals surface area contributed by atoms with Crippen molar-refractivity contribution in [1.82, 2.24) is 15.5 Å². The second-order valence-corrected chi connectivity index (χ2v) is 4.27. The second kappa shape index (κ2) is 5.38. The van der Waals surface area contributed by atoms with Gasteiger partial charge in [-0.2, -0.15) is 4.98 Å². The van der Waals surface area contributed by atoms with Gasteiger partial charge >= 0.3 is 0 Å². The summed E-state index contributed by atoms with van der Waals surface area (Å²) in [5.41, 5.74) is 0.896. The Hall–Kier alpha value is -1.92. The van der Waals surface area contributed by atoms with Gasteiger partial charge in [0.25, 0.3) is 0 Å². The molecule has 1 aromatic carbocycles. The first-order valence-corrected chi connectivity index (χ1v) is 6.16. The quantitative estimate of drug-likeness (QED) is 0.900. The molecule has 1 unspecified atom stereocenters. The monoisotopic (exact) mass is 261 g/mol. The van der Waals surface area contributed by atoms with Crippen LogP contribution in [0.15, 0.2) is 28.8 Å². The van der Waals surface area contributed by atoms with E-state index in [4.69, 9.17) is 14.0 Å². The molecule has 0 bridgehead atoms. The van der Waals surface area contributed by atoms with E-state index in [2.05, 4.69) is 15.5 Å². The van der Waals surface area contributed by atoms with Gasteiger partial charge < -0.3 is 19.3 Å². The third kappa shape index (κ3) is 2.59. The summed E-state index contributed by atoms with van der Waals surface area (Å²) in [5.74, 6) is 1.94. The van der Waals surface area contributed by atoms with Crippen molar-refractivity contribution < 1.29 is 14.0 Å². The van der Waals surface area contributed by atoms with Gasteiger partial charge in [0.05, 0.1) is 20.3 Å². The minimum Gasteiger partial charge on any atom is -0.497 e. The highest BCUT2D eigenvalue weighted by Gasteiger charge is 2.21. The van der Waals surface area contributed by atoms with Gasteiger partial charge in [-0.1, -0.05) is 5.16 Å². The Labute approximate surface area is 110 Å². The molecule has 0 amide bonds. The van der Waals surface area contributed by atoms with Gasteiger partial charge in [0.1, 0.15) is 11.8 Å². The summed E-state index contributed by atoms with van der Waals surface area (Å²) in [6.07, 6.45) is 0. The minimum atomic E-state index is -0.0201. The van der Waals surface area contributed by atoms with Crippen LogP contribution in [0.2, 0.25) is 0 Å². The Kier molecular flexibility index (Phi) is 3.43. The second-order valence-electron chi connectivity index (χ2n) is 4.27. The number of benzene rings is 1. The van der Waals surface area contributed by atoms with Gasteiger partial charge in [0, 0.05) is 12.1 Å². The number of nitrogens with zero attached hydrogens (tertiary/aromatic N) is 2. The van der Waals surface area contributed by atoms with E-state index in [1.807, 2.05) is 24.3 Å². The first-order chi connectivity index (χ1) is 9.36. The van der Waals surface area contributed by atoms with E-state index in [0.29, 0.717) is 18.3 Å². The van der Waals surface area contributed by atoms with E-state index in [1.54, 1.807) is 7.11 Å². The molecule has 100 valence electrons. The standard InChI is InChI=1S/C13H15N3O3/c1-17-10-4-2-9(3-5-10)12-15-13(19-16-12)11-8-18-7-6-14-11/h2-5,11,14H,6-8H2,1H3. The highest BCUT2D eigenvalue weighted by molar-refractivity contribution is 5.55. The van der Waals surface area contributed by atoms with Crippen LogP contribution >= 0.6 is 0 Å². The SMILES string of the molecule is COc1ccc(-c2noc(C3COCCN3)n2)cc1. The first kappa shape index (κ1) is 12.1. The predicted molar refractivity (Wildman–Crippen MR) is 67.8 cm³/mol. The fourth-order valence-electron chi connectivity index (χ4n) is 1.96. The van der Waals surface area contributed by atoms with E-state index in [-0.39, 0.29) is 6.04 Å². The Morgan fingerprint density at radius 2 is 2.16 bits per heavy atom. The zero-order valence-electron chi connectivity index (χ0n) is 10.6. The van der Waals surface area contributed by atoms with Gasteiger partial charge in [-0.3, -0.25) is 0 Å². The van der Waals surface area contributed by atoms with Crippen LogP contribution in [-0.2, 0) is 4.74 Å². The molecule has 0 radical (unpaired) electrons. The molecule has 1 aromatic heterocycles. The maximum atomic E-state index is 5.37. The molecule has 6 heteroatoms. The van der Waals surface area contributed by atoms with Crippen molar-refractivity contribution in [2.45, 2.75) is 6.04 Å². The largest absolute Gasteiger partial charge is 0.497 e. The van der Waals surface area contributed by atoms with Crippen molar-refractivity contribution in [2.24, 2.45) is 0 Å². The maximum absolute atomic E-state index is 5.37. The van der Waals surface area contributed by atoms with E-state index in [1.165, 1.54) is 0 Å². The van der Waals surface area contributed by atoms with Gasteiger partial charge in [0.2, 0.25) is 11.7 Å². The van der Waals surface area contributed by atoms with Gasteiger partial charge in [0.15, 0.2) is 0 Å². The van der Waals surface area contributed by atoms with Crippen LogP contribution < -0.4 is 10.1 Å². The summed E-state index contributed by atoms with van der Waals surface area (Å²) in [6.45, 7) is 2.07. The summed E-state index contributed by atoms with van der Waals surface area (Å²) in [4.78, 5) is 4.40. The molecule has 1 saturated heterocycles. The summed E-state index contributed by atoms with van der Waals surface area (Å²) in [7, 11) is 1.64. The van der Waals surface area contributed by atoms with Crippen molar-refractivity contribution in [3.8, 4) is 17.1 Å². The fraction of sp³-hybridized carbons (Fsp3) is 0.385. The average Bonchev–Trinajstić information content (AvgIpc) is 2.98. The molecule has 3 rings (SSSR count). The van der Waals surface area contributed by atoms with E-state index < -0.39 is 0 Å². The summed E-state index contributed by atoms with van der Waals surface area (Å²) in [5, 5.41) is 7.27. The summed E-state index contributed by atoms with van der Waals surface area (Å²) >= 11 is 0. The van der Waals surface area contributed by atoms with Gasteiger partial charge in [-0.05, 0) is 24.3 Å². The molecule has 1 fully saturated rings. The summed E-state index contributed by atoms with van der Waals surface area (Å²) in [6, 6.07) is 7.52. The molecule has 0 saturated carbocycles. The number of methoxy groups -OCH3 is 1. The van der Waals surface area contributed by atoms with E-state index in [0.717, 1.165) is 24.5 Å². The molecule has 2 aromatic rings. The number of rotatable bonds is 3. The molecular weight excluding hydrogens is 246 g/mol. The van der Waals surface area contributed by atoms with Crippen LogP contribution in [0.5, 0.6) is 5.75 Å². The normalized spacial score (nSPS) is 19.3. The molecule has 19 heavy (non-hydrogen) atoms. The third-order valence-electron chi connectivity index (χ3n) is 3.01. The molecule has 1 atom stereocenters. The Balaban J connectivity index is 1.79. The Morgan fingerprint density at radius 3 is 2.84 bits per heavy atom. The topological polar surface area (TPSA) is 69.4 Å². The number of aromatic nitrogens is 2. The van der Waals surface area contributed by atoms with Crippen molar-refractivity contribution in [1.29, 1.82) is 0 Å². The van der Waals surface area contributed by atoms with Crippen LogP contribution in [-0.4, -0.2) is 37.0 Å². The molecule has 2 heterocycles. The lowest BCUT2D eigenvalue weighted by atomic mass is 10.2. The maximum Gasteiger partial charge on any atom is 0.246 e. The zero-order chi connectivity index (χ0) is 13.1. The molecule has 6 nitrogen and oxygen atoms in total. The lowest BCUT2D eigenvalue weighted by Gasteiger charge is -2.20. The zero-order valence-corrected chi connectivity index (χ0v) is 10.6. The van der Waals surface area contributed by atoms with E-state index in [9.17, 15) is 0 Å². The highest BCUT2D eigenvalue weighted by Crippen LogP contribution is 2.22. The van der Waals surface area contributed by atoms with Crippen molar-refractivity contribution in [2.75, 3.05) is 26.9 Å². The predicted octanol–water partition coefficient (Wildman–Crippen LogP) is 1.41. The van der Waals surface area contributed by atoms with Gasteiger partial charge in [-0.15, -0.1) is 0 Å². The third-order valence-corrected chi connectivity index (χ3v) is 3.01. The highest BCUT2D eigenvalue weighted by atomic mass is 16.5. The van der Waals surface area contributed by atoms with Crippen molar-refractivity contribution in [3.05, 3.63) is 30.2 Å². The lowest BCUT2D eigenvalue weighted by Crippen LogP contribution is -2.34. The molecule has 1 aliphatic rings. The van der Waals surface area contributed by atoms with Crippen LogP contribution in [0.1, 0.15) is 11.9 Å². The number of nitrogens with one attached hydrogen (secondary N) is 1. The average molecular weight is 261 g/mol. The molecule has 1 aliphatic heterocycles. The number of ether oxygens (including phenoxy) is 2. The van der Waals surface area contributed by atoms with Crippen molar-refractivity contribution >= 4 is 0 Å². The first-order valence-electron chi connectivity index (χ1n) is 6.16. The number of hydrogen-bond donors (Lipinski definition) is 1. The van der Waals surface area contributed by atoms with Crippen LogP contribution in [0.4, 0.5) is 0 Å². The fourth-order valence-corrected chi connectivity index (χ4v) is 1.96. The summed E-state index contributed by atoms with van der Waals surface area (Å²) < 4.78 is 15.8. The number of hydrogen-bond acceptors (Lipinski definition) is 6. The lowest BCUT2D eigenvalue weighted by molar-refractivity contribution is 0.0659. The van der Waals surface area contributed by atoms with Crippen LogP contribution in [0, 0.1) is 0 Å². The molecule has 0 aliphatic carbocycles.